The molecule has 0 radical (unpaired) electrons. The van der Waals surface area contributed by atoms with E-state index in [9.17, 15) is 58.8 Å². The summed E-state index contributed by atoms with van der Waals surface area (Å²) in [5, 5.41) is 66.2. The lowest BCUT2D eigenvalue weighted by Gasteiger charge is -2.25. The van der Waals surface area contributed by atoms with Crippen molar-refractivity contribution >= 4 is 59.5 Å². The second-order valence-electron chi connectivity index (χ2n) is 11.1. The Kier molecular flexibility index (Phi) is 14.7. The Morgan fingerprint density at radius 1 is 0.980 bits per heavy atom. The standard InChI is InChI=1S/C29H37N7O15/c30-28(31)32-6-1-2-14-23(42)36-16(24(43)35-14)8-13-3-4-18(37)19(9-13)51-7-5-15(25(44)45)33-20(38)11-29(50,27(48)49)12-21(39)34-17(26(46)47)10-22(40)41/h3-4,8-9,14-15,17,37,50H,1-2,5-7,10-12H2,(H,33,38)(H,34,39)(H,35,43)(H,36,42)(H,40,41)(H,44,45)(H,46,47)(H,48,49)(H4,30,31,32)/t14-,15-,17-,29-/m0/s1. The predicted octanol–water partition coefficient (Wildman–Crippen LogP) is -3.62. The number of ether oxygens (including phenoxy) is 1. The van der Waals surface area contributed by atoms with Crippen molar-refractivity contribution in [2.24, 2.45) is 16.5 Å². The molecule has 22 nitrogen and oxygen atoms in total. The van der Waals surface area contributed by atoms with Crippen molar-refractivity contribution in [1.29, 1.82) is 0 Å². The van der Waals surface area contributed by atoms with Crippen LogP contribution in [0, 0.1) is 0 Å². The van der Waals surface area contributed by atoms with E-state index in [-0.39, 0.29) is 35.9 Å². The zero-order valence-electron chi connectivity index (χ0n) is 26.7. The molecule has 278 valence electrons. The first-order valence-electron chi connectivity index (χ1n) is 14.9. The smallest absolute Gasteiger partial charge is 0.336 e. The fourth-order valence-electron chi connectivity index (χ4n) is 4.44. The number of carboxylic acids is 4. The van der Waals surface area contributed by atoms with Gasteiger partial charge in [-0.1, -0.05) is 6.07 Å². The molecule has 0 aliphatic carbocycles. The number of hydrogen-bond acceptors (Lipinski definition) is 12. The molecule has 1 fully saturated rings. The lowest BCUT2D eigenvalue weighted by Crippen LogP contribution is -2.54. The van der Waals surface area contributed by atoms with Gasteiger partial charge in [0.25, 0.3) is 5.91 Å². The van der Waals surface area contributed by atoms with Gasteiger partial charge in [0.05, 0.1) is 25.9 Å². The molecule has 1 aliphatic rings. The normalized spacial score (nSPS) is 17.0. The Bertz CT molecular complexity index is 1610. The molecule has 2 rings (SSSR count). The number of aliphatic imine (C=N–C) groups is 1. The van der Waals surface area contributed by atoms with Crippen molar-refractivity contribution in [3.63, 3.8) is 0 Å². The number of nitrogens with one attached hydrogen (secondary N) is 4. The SMILES string of the molecule is NC(N)=NCCC[C@@H]1NC(=O)C(=Cc2ccc(O)c(OCC[C@H](NC(=O)C[C@](O)(CC(=O)N[C@@H](CC(=O)O)C(=O)O)C(=O)O)C(=O)O)c2)NC1=O. The quantitative estimate of drug-likeness (QED) is 0.0267. The summed E-state index contributed by atoms with van der Waals surface area (Å²) < 4.78 is 5.44. The fraction of sp³-hybridized carbons (Fsp3) is 0.414. The van der Waals surface area contributed by atoms with E-state index in [1.165, 1.54) is 24.3 Å². The highest BCUT2D eigenvalue weighted by Crippen LogP contribution is 2.28. The minimum Gasteiger partial charge on any atom is -0.504 e. The van der Waals surface area contributed by atoms with Crippen molar-refractivity contribution in [2.75, 3.05) is 13.2 Å². The van der Waals surface area contributed by atoms with Gasteiger partial charge in [-0.15, -0.1) is 0 Å². The van der Waals surface area contributed by atoms with Gasteiger partial charge in [-0.3, -0.25) is 29.0 Å². The number of guanidine groups is 1. The number of nitrogens with zero attached hydrogens (tertiary/aromatic N) is 1. The van der Waals surface area contributed by atoms with Crippen LogP contribution in [0.4, 0.5) is 0 Å². The number of aliphatic hydroxyl groups is 1. The number of carbonyl (C=O) groups is 8. The number of piperazine rings is 1. The number of rotatable bonds is 20. The zero-order chi connectivity index (χ0) is 38.5. The van der Waals surface area contributed by atoms with E-state index in [4.69, 9.17) is 26.4 Å². The Hall–Kier alpha value is -6.45. The Balaban J connectivity index is 2.02. The van der Waals surface area contributed by atoms with E-state index in [0.29, 0.717) is 6.42 Å². The molecule has 14 N–H and O–H groups in total. The predicted molar refractivity (Wildman–Crippen MR) is 169 cm³/mol. The van der Waals surface area contributed by atoms with Gasteiger partial charge in [-0.2, -0.15) is 0 Å². The number of amides is 4. The minimum atomic E-state index is -3.15. The molecule has 1 heterocycles. The number of nitrogens with two attached hydrogens (primary N) is 2. The zero-order valence-corrected chi connectivity index (χ0v) is 26.7. The third kappa shape index (κ3) is 13.2. The first-order chi connectivity index (χ1) is 23.8. The fourth-order valence-corrected chi connectivity index (χ4v) is 4.44. The Morgan fingerprint density at radius 2 is 1.59 bits per heavy atom. The van der Waals surface area contributed by atoms with E-state index in [2.05, 4.69) is 15.6 Å². The average Bonchev–Trinajstić information content (AvgIpc) is 3.01. The number of aromatic hydroxyl groups is 1. The van der Waals surface area contributed by atoms with Crippen LogP contribution in [0.25, 0.3) is 6.08 Å². The largest absolute Gasteiger partial charge is 0.504 e. The van der Waals surface area contributed by atoms with E-state index in [1.807, 2.05) is 5.32 Å². The molecule has 51 heavy (non-hydrogen) atoms. The highest BCUT2D eigenvalue weighted by atomic mass is 16.5. The van der Waals surface area contributed by atoms with Crippen LogP contribution in [0.3, 0.4) is 0 Å². The third-order valence-corrected chi connectivity index (χ3v) is 6.98. The van der Waals surface area contributed by atoms with Crippen molar-refractivity contribution in [2.45, 2.75) is 62.3 Å². The molecule has 0 unspecified atom stereocenters. The first kappa shape index (κ1) is 40.7. The summed E-state index contributed by atoms with van der Waals surface area (Å²) in [6.45, 7) is -0.208. The van der Waals surface area contributed by atoms with E-state index in [0.717, 1.165) is 0 Å². The highest BCUT2D eigenvalue weighted by Gasteiger charge is 2.42. The molecule has 1 aliphatic heterocycles. The van der Waals surface area contributed by atoms with Crippen LogP contribution in [0.1, 0.15) is 44.1 Å². The molecule has 22 heteroatoms. The molecule has 0 aromatic heterocycles. The summed E-state index contributed by atoms with van der Waals surface area (Å²) in [7, 11) is 0. The first-order valence-corrected chi connectivity index (χ1v) is 14.9. The molecule has 1 aromatic carbocycles. The lowest BCUT2D eigenvalue weighted by atomic mass is 9.94. The van der Waals surface area contributed by atoms with Crippen LogP contribution in [-0.2, 0) is 38.4 Å². The summed E-state index contributed by atoms with van der Waals surface area (Å²) >= 11 is 0. The van der Waals surface area contributed by atoms with E-state index < -0.39 is 109 Å². The van der Waals surface area contributed by atoms with Gasteiger partial charge in [-0.25, -0.2) is 14.4 Å². The van der Waals surface area contributed by atoms with Crippen molar-refractivity contribution in [3.8, 4) is 11.5 Å². The summed E-state index contributed by atoms with van der Waals surface area (Å²) in [5.74, 6) is -11.6. The number of carboxylic acid groups (broad SMARTS) is 4. The van der Waals surface area contributed by atoms with Crippen LogP contribution in [-0.4, -0.2) is 121 Å². The second-order valence-corrected chi connectivity index (χ2v) is 11.1. The van der Waals surface area contributed by atoms with Gasteiger partial charge in [-0.05, 0) is 36.6 Å². The van der Waals surface area contributed by atoms with Crippen molar-refractivity contribution in [3.05, 3.63) is 29.5 Å². The summed E-state index contributed by atoms with van der Waals surface area (Å²) in [5.41, 5.74) is 7.52. The molecule has 0 spiro atoms. The monoisotopic (exact) mass is 723 g/mol. The third-order valence-electron chi connectivity index (χ3n) is 6.98. The summed E-state index contributed by atoms with van der Waals surface area (Å²) in [4.78, 5) is 99.1. The molecule has 0 bridgehead atoms. The van der Waals surface area contributed by atoms with Crippen LogP contribution in [0.5, 0.6) is 11.5 Å². The van der Waals surface area contributed by atoms with Gasteiger partial charge in [0.1, 0.15) is 23.8 Å². The van der Waals surface area contributed by atoms with Crippen molar-refractivity contribution in [1.82, 2.24) is 21.3 Å². The molecule has 1 saturated heterocycles. The van der Waals surface area contributed by atoms with Gasteiger partial charge in [0.2, 0.25) is 17.7 Å². The van der Waals surface area contributed by atoms with E-state index >= 15 is 0 Å². The Labute approximate surface area is 287 Å². The van der Waals surface area contributed by atoms with Gasteiger partial charge in [0.15, 0.2) is 23.1 Å². The molecular weight excluding hydrogens is 686 g/mol. The summed E-state index contributed by atoms with van der Waals surface area (Å²) in [6.07, 6.45) is -2.34. The van der Waals surface area contributed by atoms with Gasteiger partial charge in [0, 0.05) is 13.0 Å². The second kappa shape index (κ2) is 18.4. The summed E-state index contributed by atoms with van der Waals surface area (Å²) in [6, 6.07) is -0.706. The molecule has 4 amide bonds. The van der Waals surface area contributed by atoms with E-state index in [1.54, 1.807) is 5.32 Å². The maximum Gasteiger partial charge on any atom is 0.336 e. The Morgan fingerprint density at radius 3 is 2.14 bits per heavy atom. The molecular formula is C29H37N7O15. The van der Waals surface area contributed by atoms with Gasteiger partial charge < -0.3 is 68.1 Å². The maximum absolute atomic E-state index is 12.6. The molecule has 4 atom stereocenters. The number of phenols is 1. The number of aliphatic carboxylic acids is 4. The number of benzene rings is 1. The number of carbonyl (C=O) groups excluding carboxylic acids is 4. The topological polar surface area (TPSA) is 380 Å². The minimum absolute atomic E-state index is 0.107. The van der Waals surface area contributed by atoms with Crippen LogP contribution < -0.4 is 37.5 Å². The highest BCUT2D eigenvalue weighted by molar-refractivity contribution is 6.07. The van der Waals surface area contributed by atoms with Crippen LogP contribution in [0.2, 0.25) is 0 Å². The van der Waals surface area contributed by atoms with Gasteiger partial charge >= 0.3 is 23.9 Å². The van der Waals surface area contributed by atoms with Crippen LogP contribution >= 0.6 is 0 Å². The average molecular weight is 724 g/mol. The number of hydrogen-bond donors (Lipinski definition) is 12. The van der Waals surface area contributed by atoms with Crippen molar-refractivity contribution < 1.29 is 73.7 Å². The lowest BCUT2D eigenvalue weighted by molar-refractivity contribution is -0.165. The molecule has 1 aromatic rings. The molecule has 0 saturated carbocycles. The number of phenolic OH excluding ortho intramolecular Hbond substituents is 1. The van der Waals surface area contributed by atoms with Crippen LogP contribution in [0.15, 0.2) is 28.9 Å². The maximum atomic E-state index is 12.6.